The largest absolute Gasteiger partial charge is 0.493 e. The van der Waals surface area contributed by atoms with Crippen LogP contribution >= 0.6 is 11.6 Å². The minimum Gasteiger partial charge on any atom is -0.493 e. The van der Waals surface area contributed by atoms with E-state index in [1.807, 2.05) is 13.0 Å². The molecule has 0 fully saturated rings. The number of methoxy groups -OCH3 is 2. The van der Waals surface area contributed by atoms with E-state index in [4.69, 9.17) is 26.8 Å². The van der Waals surface area contributed by atoms with E-state index in [-0.39, 0.29) is 6.04 Å². The summed E-state index contributed by atoms with van der Waals surface area (Å²) in [4.78, 5) is 0. The van der Waals surface area contributed by atoms with Gasteiger partial charge >= 0.3 is 0 Å². The third-order valence-electron chi connectivity index (χ3n) is 2.68. The van der Waals surface area contributed by atoms with Gasteiger partial charge in [0.25, 0.3) is 0 Å². The molecule has 1 aromatic carbocycles. The lowest BCUT2D eigenvalue weighted by Gasteiger charge is -2.18. The second-order valence-corrected chi connectivity index (χ2v) is 4.48. The van der Waals surface area contributed by atoms with E-state index >= 15 is 0 Å². The number of nitrogens with two attached hydrogens (primary N) is 1. The van der Waals surface area contributed by atoms with Crippen LogP contribution in [0.5, 0.6) is 11.5 Å². The van der Waals surface area contributed by atoms with Crippen molar-refractivity contribution in [2.45, 2.75) is 32.7 Å². The topological polar surface area (TPSA) is 44.5 Å². The van der Waals surface area contributed by atoms with Gasteiger partial charge in [-0.05, 0) is 31.4 Å². The maximum atomic E-state index is 6.37. The van der Waals surface area contributed by atoms with Gasteiger partial charge in [0.15, 0.2) is 11.5 Å². The Morgan fingerprint density at radius 3 is 2.41 bits per heavy atom. The predicted octanol–water partition coefficient (Wildman–Crippen LogP) is 2.81. The van der Waals surface area contributed by atoms with E-state index in [0.29, 0.717) is 17.9 Å². The lowest BCUT2D eigenvalue weighted by atomic mass is 10.0. The van der Waals surface area contributed by atoms with E-state index in [1.165, 1.54) is 0 Å². The van der Waals surface area contributed by atoms with Crippen molar-refractivity contribution in [1.29, 1.82) is 0 Å². The Balaban J connectivity index is 3.38. The van der Waals surface area contributed by atoms with Crippen molar-refractivity contribution >= 4 is 11.6 Å². The average Bonchev–Trinajstić information content (AvgIpc) is 2.30. The van der Waals surface area contributed by atoms with Gasteiger partial charge in [0.1, 0.15) is 0 Å². The Morgan fingerprint density at radius 1 is 1.35 bits per heavy atom. The highest BCUT2D eigenvalue weighted by atomic mass is 35.5. The number of rotatable bonds is 5. The average molecular weight is 258 g/mol. The maximum absolute atomic E-state index is 6.37. The normalized spacial score (nSPS) is 12.4. The molecule has 0 amide bonds. The Morgan fingerprint density at radius 2 is 2.00 bits per heavy atom. The minimum atomic E-state index is 0.0261. The second kappa shape index (κ2) is 6.12. The van der Waals surface area contributed by atoms with Crippen LogP contribution in [0.25, 0.3) is 0 Å². The highest BCUT2D eigenvalue weighted by Gasteiger charge is 2.18. The number of aryl methyl sites for hydroxylation is 1. The molecular formula is C13H20ClNO2. The van der Waals surface area contributed by atoms with Gasteiger partial charge in [0.2, 0.25) is 0 Å². The first-order chi connectivity index (χ1) is 8.04. The van der Waals surface area contributed by atoms with Crippen molar-refractivity contribution in [3.8, 4) is 11.5 Å². The van der Waals surface area contributed by atoms with Gasteiger partial charge in [-0.3, -0.25) is 0 Å². The van der Waals surface area contributed by atoms with Crippen molar-refractivity contribution in [2.75, 3.05) is 14.2 Å². The highest BCUT2D eigenvalue weighted by molar-refractivity contribution is 6.32. The summed E-state index contributed by atoms with van der Waals surface area (Å²) in [6.07, 6.45) is 1.53. The molecule has 0 saturated heterocycles. The van der Waals surface area contributed by atoms with Gasteiger partial charge in [-0.15, -0.1) is 0 Å². The Hall–Kier alpha value is -0.930. The molecule has 0 heterocycles. The fraction of sp³-hybridized carbons (Fsp3) is 0.538. The second-order valence-electron chi connectivity index (χ2n) is 4.10. The summed E-state index contributed by atoms with van der Waals surface area (Å²) in [5, 5.41) is 0.738. The molecule has 0 aliphatic rings. The molecule has 0 bridgehead atoms. The number of ether oxygens (including phenoxy) is 2. The summed E-state index contributed by atoms with van der Waals surface area (Å²) >= 11 is 6.37. The third-order valence-corrected chi connectivity index (χ3v) is 3.15. The van der Waals surface area contributed by atoms with Gasteiger partial charge < -0.3 is 15.2 Å². The minimum absolute atomic E-state index is 0.0261. The molecule has 1 rings (SSSR count). The number of benzene rings is 1. The Bertz CT molecular complexity index is 391. The van der Waals surface area contributed by atoms with Gasteiger partial charge in [0, 0.05) is 11.6 Å². The highest BCUT2D eigenvalue weighted by Crippen LogP contribution is 2.39. The molecule has 0 spiro atoms. The van der Waals surface area contributed by atoms with E-state index in [2.05, 4.69) is 6.92 Å². The fourth-order valence-corrected chi connectivity index (χ4v) is 2.22. The number of hydrogen-bond acceptors (Lipinski definition) is 3. The van der Waals surface area contributed by atoms with E-state index in [0.717, 1.165) is 22.6 Å². The van der Waals surface area contributed by atoms with Crippen LogP contribution in [0.3, 0.4) is 0 Å². The van der Waals surface area contributed by atoms with Crippen LogP contribution in [0.4, 0.5) is 0 Å². The van der Waals surface area contributed by atoms with Crippen LogP contribution in [0.15, 0.2) is 6.07 Å². The summed E-state index contributed by atoms with van der Waals surface area (Å²) in [6, 6.07) is 1.95. The SMILES string of the molecule is CCc1cc(OC)c(OC)c(CC(C)N)c1Cl. The Kier molecular flexibility index (Phi) is 5.09. The summed E-state index contributed by atoms with van der Waals surface area (Å²) in [7, 11) is 3.24. The zero-order valence-electron chi connectivity index (χ0n) is 10.8. The molecular weight excluding hydrogens is 238 g/mol. The first-order valence-corrected chi connectivity index (χ1v) is 6.10. The number of halogens is 1. The molecule has 2 N–H and O–H groups in total. The zero-order valence-corrected chi connectivity index (χ0v) is 11.6. The summed E-state index contributed by atoms with van der Waals surface area (Å²) < 4.78 is 10.7. The molecule has 3 nitrogen and oxygen atoms in total. The zero-order chi connectivity index (χ0) is 13.0. The lowest BCUT2D eigenvalue weighted by molar-refractivity contribution is 0.350. The van der Waals surface area contributed by atoms with Crippen molar-refractivity contribution in [3.63, 3.8) is 0 Å². The first kappa shape index (κ1) is 14.1. The van der Waals surface area contributed by atoms with Crippen LogP contribution < -0.4 is 15.2 Å². The van der Waals surface area contributed by atoms with E-state index < -0.39 is 0 Å². The maximum Gasteiger partial charge on any atom is 0.165 e. The molecule has 1 aromatic rings. The van der Waals surface area contributed by atoms with E-state index in [9.17, 15) is 0 Å². The molecule has 0 radical (unpaired) electrons. The molecule has 0 aromatic heterocycles. The van der Waals surface area contributed by atoms with Crippen molar-refractivity contribution in [1.82, 2.24) is 0 Å². The molecule has 96 valence electrons. The quantitative estimate of drug-likeness (QED) is 0.882. The molecule has 17 heavy (non-hydrogen) atoms. The standard InChI is InChI=1S/C13H20ClNO2/c1-5-9-7-11(16-3)13(17-4)10(12(9)14)6-8(2)15/h7-8H,5-6,15H2,1-4H3. The molecule has 0 saturated carbocycles. The van der Waals surface area contributed by atoms with Crippen LogP contribution in [-0.2, 0) is 12.8 Å². The van der Waals surface area contributed by atoms with Gasteiger partial charge in [0.05, 0.1) is 19.2 Å². The fourth-order valence-electron chi connectivity index (χ4n) is 1.87. The van der Waals surface area contributed by atoms with Crippen LogP contribution in [0, 0.1) is 0 Å². The van der Waals surface area contributed by atoms with Crippen molar-refractivity contribution < 1.29 is 9.47 Å². The van der Waals surface area contributed by atoms with E-state index in [1.54, 1.807) is 14.2 Å². The van der Waals surface area contributed by atoms with Crippen LogP contribution in [0.1, 0.15) is 25.0 Å². The summed E-state index contributed by atoms with van der Waals surface area (Å²) in [5.41, 5.74) is 7.83. The lowest BCUT2D eigenvalue weighted by Crippen LogP contribution is -2.19. The van der Waals surface area contributed by atoms with Crippen LogP contribution in [0.2, 0.25) is 5.02 Å². The Labute approximate surface area is 108 Å². The van der Waals surface area contributed by atoms with Gasteiger partial charge in [-0.25, -0.2) is 0 Å². The van der Waals surface area contributed by atoms with Crippen molar-refractivity contribution in [2.24, 2.45) is 5.73 Å². The summed E-state index contributed by atoms with van der Waals surface area (Å²) in [6.45, 7) is 4.00. The molecule has 0 aliphatic heterocycles. The third kappa shape index (κ3) is 3.05. The van der Waals surface area contributed by atoms with Crippen LogP contribution in [-0.4, -0.2) is 20.3 Å². The monoisotopic (exact) mass is 257 g/mol. The predicted molar refractivity (Wildman–Crippen MR) is 71.3 cm³/mol. The number of hydrogen-bond donors (Lipinski definition) is 1. The van der Waals surface area contributed by atoms with Crippen molar-refractivity contribution in [3.05, 3.63) is 22.2 Å². The molecule has 1 atom stereocenters. The van der Waals surface area contributed by atoms with Gasteiger partial charge in [-0.1, -0.05) is 18.5 Å². The summed E-state index contributed by atoms with van der Waals surface area (Å²) in [5.74, 6) is 1.40. The molecule has 0 aliphatic carbocycles. The molecule has 4 heteroatoms. The molecule has 1 unspecified atom stereocenters. The smallest absolute Gasteiger partial charge is 0.165 e. The first-order valence-electron chi connectivity index (χ1n) is 5.72. The van der Waals surface area contributed by atoms with Gasteiger partial charge in [-0.2, -0.15) is 0 Å².